The number of aryl methyl sites for hydroxylation is 1. The Hall–Kier alpha value is -2.08. The van der Waals surface area contributed by atoms with Crippen LogP contribution in [-0.2, 0) is 4.79 Å². The van der Waals surface area contributed by atoms with E-state index in [9.17, 15) is 13.6 Å². The molecule has 1 N–H and O–H groups in total. The lowest BCUT2D eigenvalue weighted by Crippen LogP contribution is -2.20. The second kappa shape index (κ2) is 7.97. The third-order valence-corrected chi connectivity index (χ3v) is 4.00. The van der Waals surface area contributed by atoms with Gasteiger partial charge in [0.15, 0.2) is 6.61 Å². The van der Waals surface area contributed by atoms with Crippen LogP contribution < -0.4 is 10.1 Å². The molecule has 122 valence electrons. The number of anilines is 1. The number of benzene rings is 2. The third-order valence-electron chi connectivity index (χ3n) is 3.28. The number of alkyl halides is 2. The maximum absolute atomic E-state index is 12.2. The van der Waals surface area contributed by atoms with Gasteiger partial charge in [-0.05, 0) is 55.3 Å². The van der Waals surface area contributed by atoms with Gasteiger partial charge in [-0.15, -0.1) is 0 Å². The van der Waals surface area contributed by atoms with Gasteiger partial charge in [-0.1, -0.05) is 23.9 Å². The summed E-state index contributed by atoms with van der Waals surface area (Å²) in [5, 5.41) is 2.67. The molecule has 0 radical (unpaired) electrons. The van der Waals surface area contributed by atoms with Crippen molar-refractivity contribution in [3.63, 3.8) is 0 Å². The van der Waals surface area contributed by atoms with Crippen molar-refractivity contribution in [1.82, 2.24) is 0 Å². The van der Waals surface area contributed by atoms with E-state index in [0.717, 1.165) is 11.1 Å². The van der Waals surface area contributed by atoms with Crippen LogP contribution in [0, 0.1) is 13.8 Å². The highest BCUT2D eigenvalue weighted by atomic mass is 32.2. The summed E-state index contributed by atoms with van der Waals surface area (Å²) in [6.45, 7) is 3.79. The lowest BCUT2D eigenvalue weighted by molar-refractivity contribution is -0.118. The number of halogens is 2. The van der Waals surface area contributed by atoms with E-state index in [1.165, 1.54) is 12.1 Å². The number of ether oxygens (including phenoxy) is 1. The van der Waals surface area contributed by atoms with Crippen LogP contribution in [0.5, 0.6) is 5.75 Å². The smallest absolute Gasteiger partial charge is 0.288 e. The van der Waals surface area contributed by atoms with Crippen molar-refractivity contribution in [1.29, 1.82) is 0 Å². The Morgan fingerprint density at radius 2 is 1.87 bits per heavy atom. The molecule has 0 saturated heterocycles. The summed E-state index contributed by atoms with van der Waals surface area (Å²) in [5.74, 6) is -2.09. The second-order valence-electron chi connectivity index (χ2n) is 4.94. The second-order valence-corrected chi connectivity index (χ2v) is 6.00. The Balaban J connectivity index is 1.88. The predicted octanol–water partition coefficient (Wildman–Crippen LogP) is 4.64. The van der Waals surface area contributed by atoms with Crippen LogP contribution in [0.2, 0.25) is 0 Å². The fourth-order valence-electron chi connectivity index (χ4n) is 1.94. The molecule has 0 bridgehead atoms. The van der Waals surface area contributed by atoms with Crippen LogP contribution in [-0.4, -0.2) is 18.3 Å². The zero-order chi connectivity index (χ0) is 16.8. The van der Waals surface area contributed by atoms with Crippen LogP contribution in [0.3, 0.4) is 0 Å². The molecule has 0 aromatic heterocycles. The van der Waals surface area contributed by atoms with Gasteiger partial charge < -0.3 is 10.1 Å². The van der Waals surface area contributed by atoms with Gasteiger partial charge in [0.2, 0.25) is 0 Å². The topological polar surface area (TPSA) is 38.3 Å². The van der Waals surface area contributed by atoms with Crippen LogP contribution in [0.4, 0.5) is 14.5 Å². The lowest BCUT2D eigenvalue weighted by Gasteiger charge is -2.11. The van der Waals surface area contributed by atoms with Crippen molar-refractivity contribution in [3.8, 4) is 5.75 Å². The molecule has 0 aliphatic heterocycles. The largest absolute Gasteiger partial charge is 0.483 e. The summed E-state index contributed by atoms with van der Waals surface area (Å²) < 4.78 is 30.0. The molecule has 0 saturated carbocycles. The van der Waals surface area contributed by atoms with E-state index < -0.39 is 5.76 Å². The molecular weight excluding hydrogens is 320 g/mol. The van der Waals surface area contributed by atoms with Crippen molar-refractivity contribution >= 4 is 23.4 Å². The van der Waals surface area contributed by atoms with Gasteiger partial charge in [0, 0.05) is 10.6 Å². The fraction of sp³-hybridized carbons (Fsp3) is 0.235. The number of hydrogen-bond acceptors (Lipinski definition) is 3. The summed E-state index contributed by atoms with van der Waals surface area (Å²) in [5.41, 5.74) is 2.63. The van der Waals surface area contributed by atoms with E-state index in [4.69, 9.17) is 4.74 Å². The molecule has 2 rings (SSSR count). The number of carbonyl (C=O) groups excluding carboxylic acids is 1. The molecule has 2 aromatic rings. The van der Waals surface area contributed by atoms with Gasteiger partial charge in [-0.2, -0.15) is 8.78 Å². The molecule has 0 spiro atoms. The van der Waals surface area contributed by atoms with E-state index in [2.05, 4.69) is 5.32 Å². The minimum atomic E-state index is -2.46. The molecule has 0 fully saturated rings. The highest BCUT2D eigenvalue weighted by Crippen LogP contribution is 2.26. The van der Waals surface area contributed by atoms with Crippen LogP contribution in [0.25, 0.3) is 0 Å². The van der Waals surface area contributed by atoms with Crippen molar-refractivity contribution in [3.05, 3.63) is 53.6 Å². The summed E-state index contributed by atoms with van der Waals surface area (Å²) >= 11 is 0.466. The molecule has 0 aliphatic rings. The first-order valence-corrected chi connectivity index (χ1v) is 7.87. The maximum atomic E-state index is 12.2. The quantitative estimate of drug-likeness (QED) is 0.781. The highest BCUT2D eigenvalue weighted by molar-refractivity contribution is 7.99. The number of thioether (sulfide) groups is 1. The van der Waals surface area contributed by atoms with E-state index >= 15 is 0 Å². The Kier molecular flexibility index (Phi) is 5.98. The fourth-order valence-corrected chi connectivity index (χ4v) is 2.44. The average Bonchev–Trinajstić information content (AvgIpc) is 2.50. The van der Waals surface area contributed by atoms with Crippen LogP contribution in [0.1, 0.15) is 11.1 Å². The minimum absolute atomic E-state index is 0.113. The van der Waals surface area contributed by atoms with Gasteiger partial charge >= 0.3 is 0 Å². The van der Waals surface area contributed by atoms with Crippen LogP contribution in [0.15, 0.2) is 47.4 Å². The zero-order valence-corrected chi connectivity index (χ0v) is 13.6. The first-order valence-electron chi connectivity index (χ1n) is 6.99. The molecule has 2 aromatic carbocycles. The summed E-state index contributed by atoms with van der Waals surface area (Å²) in [6, 6.07) is 11.9. The van der Waals surface area contributed by atoms with Crippen molar-refractivity contribution in [2.75, 3.05) is 11.9 Å². The third kappa shape index (κ3) is 5.25. The minimum Gasteiger partial charge on any atom is -0.483 e. The molecule has 23 heavy (non-hydrogen) atoms. The van der Waals surface area contributed by atoms with E-state index in [-0.39, 0.29) is 12.5 Å². The molecule has 1 amide bonds. The number of carbonyl (C=O) groups is 1. The van der Waals surface area contributed by atoms with Crippen molar-refractivity contribution in [2.45, 2.75) is 24.5 Å². The average molecular weight is 337 g/mol. The van der Waals surface area contributed by atoms with Gasteiger partial charge in [-0.3, -0.25) is 4.79 Å². The van der Waals surface area contributed by atoms with Gasteiger partial charge in [0.1, 0.15) is 5.75 Å². The summed E-state index contributed by atoms with van der Waals surface area (Å²) in [4.78, 5) is 12.3. The Morgan fingerprint density at radius 1 is 1.17 bits per heavy atom. The highest BCUT2D eigenvalue weighted by Gasteiger charge is 2.08. The Bertz CT molecular complexity index is 675. The number of nitrogens with one attached hydrogen (secondary N) is 1. The molecule has 0 unspecified atom stereocenters. The molecule has 0 heterocycles. The molecule has 0 aliphatic carbocycles. The van der Waals surface area contributed by atoms with Gasteiger partial charge in [0.25, 0.3) is 11.7 Å². The van der Waals surface area contributed by atoms with E-state index in [0.29, 0.717) is 28.1 Å². The SMILES string of the molecule is Cc1cccc(OCC(=O)Nc2ccc(SC(F)F)cc2)c1C. The first kappa shape index (κ1) is 17.3. The molecular formula is C17H17F2NO2S. The maximum Gasteiger partial charge on any atom is 0.288 e. The normalized spacial score (nSPS) is 10.7. The molecule has 3 nitrogen and oxygen atoms in total. The van der Waals surface area contributed by atoms with Crippen molar-refractivity contribution < 1.29 is 18.3 Å². The standard InChI is InChI=1S/C17H17F2NO2S/c1-11-4-3-5-15(12(11)2)22-10-16(21)20-13-6-8-14(9-7-13)23-17(18)19/h3-9,17H,10H2,1-2H3,(H,20,21). The number of hydrogen-bond donors (Lipinski definition) is 1. The summed E-state index contributed by atoms with van der Waals surface area (Å²) in [6.07, 6.45) is 0. The Labute approximate surface area is 138 Å². The predicted molar refractivity (Wildman–Crippen MR) is 88.3 cm³/mol. The monoisotopic (exact) mass is 337 g/mol. The van der Waals surface area contributed by atoms with E-state index in [1.807, 2.05) is 32.0 Å². The van der Waals surface area contributed by atoms with Crippen molar-refractivity contribution in [2.24, 2.45) is 0 Å². The Morgan fingerprint density at radius 3 is 2.52 bits per heavy atom. The zero-order valence-electron chi connectivity index (χ0n) is 12.8. The lowest BCUT2D eigenvalue weighted by atomic mass is 10.1. The first-order chi connectivity index (χ1) is 11.0. The van der Waals surface area contributed by atoms with E-state index in [1.54, 1.807) is 12.1 Å². The number of amides is 1. The summed E-state index contributed by atoms with van der Waals surface area (Å²) in [7, 11) is 0. The van der Waals surface area contributed by atoms with Gasteiger partial charge in [-0.25, -0.2) is 0 Å². The molecule has 0 atom stereocenters. The number of rotatable bonds is 6. The van der Waals surface area contributed by atoms with Gasteiger partial charge in [0.05, 0.1) is 0 Å². The molecule has 6 heteroatoms. The van der Waals surface area contributed by atoms with Crippen LogP contribution >= 0.6 is 11.8 Å².